The van der Waals surface area contributed by atoms with Gasteiger partial charge in [-0.3, -0.25) is 4.79 Å². The molecule has 0 spiro atoms. The Bertz CT molecular complexity index is 389. The summed E-state index contributed by atoms with van der Waals surface area (Å²) in [6.45, 7) is 9.67. The van der Waals surface area contributed by atoms with E-state index in [0.717, 1.165) is 41.4 Å². The second-order valence-electron chi connectivity index (χ2n) is 5.07. The second-order valence-corrected chi connectivity index (χ2v) is 6.08. The number of hydrogen-bond acceptors (Lipinski definition) is 4. The molecule has 18 heavy (non-hydrogen) atoms. The van der Waals surface area contributed by atoms with Gasteiger partial charge in [0.1, 0.15) is 0 Å². The molecule has 1 heterocycles. The van der Waals surface area contributed by atoms with E-state index in [9.17, 15) is 4.79 Å². The van der Waals surface area contributed by atoms with Crippen molar-refractivity contribution in [2.24, 2.45) is 5.92 Å². The molecule has 0 amide bonds. The number of carbonyl (C=O) groups is 1. The number of aldehydes is 1. The monoisotopic (exact) mass is 268 g/mol. The molecule has 0 saturated carbocycles. The van der Waals surface area contributed by atoms with Crippen LogP contribution in [0.3, 0.4) is 0 Å². The first-order chi connectivity index (χ1) is 8.53. The van der Waals surface area contributed by atoms with E-state index >= 15 is 0 Å². The number of nitrogens with zero attached hydrogens (tertiary/aromatic N) is 2. The summed E-state index contributed by atoms with van der Waals surface area (Å²) in [6, 6.07) is 0. The van der Waals surface area contributed by atoms with E-state index in [4.69, 9.17) is 0 Å². The van der Waals surface area contributed by atoms with Crippen molar-refractivity contribution in [2.75, 3.05) is 18.5 Å². The third kappa shape index (κ3) is 3.55. The van der Waals surface area contributed by atoms with E-state index in [2.05, 4.69) is 44.6 Å². The standard InChI is InChI=1S/C14H24N2OS/c1-6-10(3)8-16(5)14-15-13(11(4)7-2)12(9-17)18-14/h9-11H,6-8H2,1-5H3. The molecule has 0 aliphatic carbocycles. The molecule has 2 unspecified atom stereocenters. The first kappa shape index (κ1) is 15.2. The Hall–Kier alpha value is -0.900. The first-order valence-corrected chi connectivity index (χ1v) is 7.52. The summed E-state index contributed by atoms with van der Waals surface area (Å²) in [6.07, 6.45) is 3.12. The Balaban J connectivity index is 2.90. The largest absolute Gasteiger partial charge is 0.351 e. The molecule has 2 atom stereocenters. The van der Waals surface area contributed by atoms with Gasteiger partial charge in [-0.25, -0.2) is 4.98 Å². The van der Waals surface area contributed by atoms with Crippen LogP contribution in [-0.4, -0.2) is 24.9 Å². The first-order valence-electron chi connectivity index (χ1n) is 6.70. The molecular formula is C14H24N2OS. The Morgan fingerprint density at radius 1 is 1.33 bits per heavy atom. The summed E-state index contributed by atoms with van der Waals surface area (Å²) in [5, 5.41) is 0.965. The van der Waals surface area contributed by atoms with Gasteiger partial charge in [0, 0.05) is 13.6 Å². The molecule has 0 fully saturated rings. The molecule has 102 valence electrons. The van der Waals surface area contributed by atoms with Crippen molar-refractivity contribution < 1.29 is 4.79 Å². The summed E-state index contributed by atoms with van der Waals surface area (Å²) in [7, 11) is 2.06. The lowest BCUT2D eigenvalue weighted by atomic mass is 10.0. The third-order valence-electron chi connectivity index (χ3n) is 3.46. The van der Waals surface area contributed by atoms with E-state index in [0.29, 0.717) is 11.8 Å². The lowest BCUT2D eigenvalue weighted by molar-refractivity contribution is 0.112. The normalized spacial score (nSPS) is 14.3. The SMILES string of the molecule is CCC(C)CN(C)c1nc(C(C)CC)c(C=O)s1. The average Bonchev–Trinajstić information content (AvgIpc) is 2.81. The van der Waals surface area contributed by atoms with Crippen LogP contribution in [0.4, 0.5) is 5.13 Å². The van der Waals surface area contributed by atoms with Gasteiger partial charge >= 0.3 is 0 Å². The van der Waals surface area contributed by atoms with E-state index in [1.807, 2.05) is 0 Å². The lowest BCUT2D eigenvalue weighted by Gasteiger charge is -2.19. The smallest absolute Gasteiger partial charge is 0.185 e. The highest BCUT2D eigenvalue weighted by atomic mass is 32.1. The number of rotatable bonds is 7. The maximum Gasteiger partial charge on any atom is 0.185 e. The fourth-order valence-electron chi connectivity index (χ4n) is 1.80. The number of hydrogen-bond donors (Lipinski definition) is 0. The van der Waals surface area contributed by atoms with Crippen molar-refractivity contribution in [3.05, 3.63) is 10.6 Å². The minimum atomic E-state index is 0.354. The Morgan fingerprint density at radius 3 is 2.50 bits per heavy atom. The maximum atomic E-state index is 11.1. The van der Waals surface area contributed by atoms with Gasteiger partial charge in [0.15, 0.2) is 11.4 Å². The minimum Gasteiger partial charge on any atom is -0.351 e. The summed E-state index contributed by atoms with van der Waals surface area (Å²) in [4.78, 5) is 18.7. The average molecular weight is 268 g/mol. The number of thiazole rings is 1. The number of carbonyl (C=O) groups excluding carboxylic acids is 1. The van der Waals surface area contributed by atoms with Gasteiger partial charge in [0.2, 0.25) is 0 Å². The molecule has 3 nitrogen and oxygen atoms in total. The predicted molar refractivity (Wildman–Crippen MR) is 78.9 cm³/mol. The highest BCUT2D eigenvalue weighted by Crippen LogP contribution is 2.30. The zero-order valence-electron chi connectivity index (χ0n) is 12.1. The molecular weight excluding hydrogens is 244 g/mol. The van der Waals surface area contributed by atoms with E-state index in [1.165, 1.54) is 11.3 Å². The summed E-state index contributed by atoms with van der Waals surface area (Å²) < 4.78 is 0. The van der Waals surface area contributed by atoms with Crippen LogP contribution in [0.25, 0.3) is 0 Å². The van der Waals surface area contributed by atoms with Gasteiger partial charge < -0.3 is 4.90 Å². The molecule has 0 bridgehead atoms. The fraction of sp³-hybridized carbons (Fsp3) is 0.714. The van der Waals surface area contributed by atoms with Gasteiger partial charge in [-0.1, -0.05) is 45.5 Å². The van der Waals surface area contributed by atoms with Crippen LogP contribution in [0.15, 0.2) is 0 Å². The quantitative estimate of drug-likeness (QED) is 0.702. The van der Waals surface area contributed by atoms with Crippen LogP contribution >= 0.6 is 11.3 Å². The van der Waals surface area contributed by atoms with Gasteiger partial charge in [0.25, 0.3) is 0 Å². The fourth-order valence-corrected chi connectivity index (χ4v) is 2.77. The molecule has 0 aromatic carbocycles. The second kappa shape index (κ2) is 6.88. The lowest BCUT2D eigenvalue weighted by Crippen LogP contribution is -2.23. The molecule has 0 saturated heterocycles. The van der Waals surface area contributed by atoms with Crippen LogP contribution in [0.1, 0.15) is 61.8 Å². The Kier molecular flexibility index (Phi) is 5.79. The van der Waals surface area contributed by atoms with Gasteiger partial charge in [-0.05, 0) is 18.3 Å². The molecule has 1 aromatic rings. The van der Waals surface area contributed by atoms with Crippen molar-refractivity contribution >= 4 is 22.8 Å². The molecule has 4 heteroatoms. The van der Waals surface area contributed by atoms with Crippen LogP contribution in [0, 0.1) is 5.92 Å². The topological polar surface area (TPSA) is 33.2 Å². The predicted octanol–water partition coefficient (Wildman–Crippen LogP) is 3.95. The molecule has 0 aliphatic rings. The van der Waals surface area contributed by atoms with Crippen molar-refractivity contribution in [2.45, 2.75) is 46.5 Å². The third-order valence-corrected chi connectivity index (χ3v) is 4.58. The van der Waals surface area contributed by atoms with Gasteiger partial charge in [-0.15, -0.1) is 0 Å². The highest BCUT2D eigenvalue weighted by Gasteiger charge is 2.18. The van der Waals surface area contributed by atoms with Crippen LogP contribution in [-0.2, 0) is 0 Å². The summed E-state index contributed by atoms with van der Waals surface area (Å²) in [5.74, 6) is 0.998. The van der Waals surface area contributed by atoms with E-state index < -0.39 is 0 Å². The highest BCUT2D eigenvalue weighted by molar-refractivity contribution is 7.17. The number of anilines is 1. The Labute approximate surface area is 114 Å². The van der Waals surface area contributed by atoms with Crippen LogP contribution < -0.4 is 4.90 Å². The van der Waals surface area contributed by atoms with Crippen molar-refractivity contribution in [3.8, 4) is 0 Å². The van der Waals surface area contributed by atoms with Crippen molar-refractivity contribution in [3.63, 3.8) is 0 Å². The maximum absolute atomic E-state index is 11.1. The Morgan fingerprint density at radius 2 is 2.00 bits per heavy atom. The summed E-state index contributed by atoms with van der Waals surface area (Å²) in [5.41, 5.74) is 0.962. The molecule has 1 rings (SSSR count). The number of aromatic nitrogens is 1. The van der Waals surface area contributed by atoms with Crippen molar-refractivity contribution in [1.82, 2.24) is 4.98 Å². The van der Waals surface area contributed by atoms with E-state index in [1.54, 1.807) is 0 Å². The minimum absolute atomic E-state index is 0.354. The zero-order chi connectivity index (χ0) is 13.7. The van der Waals surface area contributed by atoms with Crippen LogP contribution in [0.2, 0.25) is 0 Å². The zero-order valence-corrected chi connectivity index (χ0v) is 12.9. The van der Waals surface area contributed by atoms with E-state index in [-0.39, 0.29) is 0 Å². The van der Waals surface area contributed by atoms with Gasteiger partial charge in [-0.2, -0.15) is 0 Å². The molecule has 1 aromatic heterocycles. The van der Waals surface area contributed by atoms with Crippen molar-refractivity contribution in [1.29, 1.82) is 0 Å². The molecule has 0 radical (unpaired) electrons. The van der Waals surface area contributed by atoms with Gasteiger partial charge in [0.05, 0.1) is 10.6 Å². The van der Waals surface area contributed by atoms with Crippen LogP contribution in [0.5, 0.6) is 0 Å². The molecule has 0 aliphatic heterocycles. The summed E-state index contributed by atoms with van der Waals surface area (Å²) >= 11 is 1.51. The molecule has 0 N–H and O–H groups in total.